The number of esters is 1. The van der Waals surface area contributed by atoms with E-state index in [9.17, 15) is 13.6 Å². The molecule has 0 amide bonds. The van der Waals surface area contributed by atoms with Crippen LogP contribution < -0.4 is 0 Å². The minimum absolute atomic E-state index is 0.117. The Kier molecular flexibility index (Phi) is 3.84. The van der Waals surface area contributed by atoms with Crippen LogP contribution in [-0.4, -0.2) is 23.0 Å². The molecule has 3 aromatic rings. The van der Waals surface area contributed by atoms with Crippen LogP contribution in [0.3, 0.4) is 0 Å². The van der Waals surface area contributed by atoms with E-state index in [1.165, 1.54) is 24.9 Å². The van der Waals surface area contributed by atoms with Gasteiger partial charge in [-0.3, -0.25) is 0 Å². The molecular formula is C14H10F2N2O3S. The maximum absolute atomic E-state index is 13.1. The van der Waals surface area contributed by atoms with Crippen LogP contribution in [0.15, 0.2) is 33.8 Å². The van der Waals surface area contributed by atoms with Crippen LogP contribution in [0, 0.1) is 11.6 Å². The highest BCUT2D eigenvalue weighted by atomic mass is 32.2. The molecule has 22 heavy (non-hydrogen) atoms. The van der Waals surface area contributed by atoms with Crippen LogP contribution in [0.1, 0.15) is 16.3 Å². The summed E-state index contributed by atoms with van der Waals surface area (Å²) in [5, 5.41) is 0.496. The molecule has 0 saturated carbocycles. The summed E-state index contributed by atoms with van der Waals surface area (Å²) in [6, 6.07) is 5.27. The smallest absolute Gasteiger partial charge is 0.373 e. The van der Waals surface area contributed by atoms with Crippen molar-refractivity contribution in [3.05, 3.63) is 47.4 Å². The molecule has 0 aliphatic heterocycles. The van der Waals surface area contributed by atoms with Crippen LogP contribution in [0.4, 0.5) is 8.78 Å². The van der Waals surface area contributed by atoms with E-state index < -0.39 is 17.6 Å². The van der Waals surface area contributed by atoms with E-state index in [2.05, 4.69) is 14.7 Å². The monoisotopic (exact) mass is 324 g/mol. The third-order valence-electron chi connectivity index (χ3n) is 2.90. The van der Waals surface area contributed by atoms with E-state index in [0.717, 1.165) is 12.1 Å². The Bertz CT molecular complexity index is 805. The van der Waals surface area contributed by atoms with Crippen molar-refractivity contribution < 1.29 is 22.7 Å². The molecule has 0 spiro atoms. The van der Waals surface area contributed by atoms with Crippen molar-refractivity contribution in [1.82, 2.24) is 9.97 Å². The minimum atomic E-state index is -0.940. The SMILES string of the molecule is COC(=O)c1ccc(CSc2nc3cc(F)c(F)cc3[nH]2)o1. The predicted molar refractivity (Wildman–Crippen MR) is 75.6 cm³/mol. The average Bonchev–Trinajstić information content (AvgIpc) is 3.11. The van der Waals surface area contributed by atoms with E-state index in [-0.39, 0.29) is 5.76 Å². The average molecular weight is 324 g/mol. The number of furan rings is 1. The molecule has 8 heteroatoms. The summed E-state index contributed by atoms with van der Waals surface area (Å²) in [5.41, 5.74) is 0.757. The Hall–Kier alpha value is -2.35. The number of aromatic amines is 1. The third-order valence-corrected chi connectivity index (χ3v) is 3.80. The maximum Gasteiger partial charge on any atom is 0.373 e. The largest absolute Gasteiger partial charge is 0.463 e. The van der Waals surface area contributed by atoms with E-state index >= 15 is 0 Å². The van der Waals surface area contributed by atoms with Gasteiger partial charge in [0.25, 0.3) is 0 Å². The van der Waals surface area contributed by atoms with Gasteiger partial charge in [-0.1, -0.05) is 11.8 Å². The highest BCUT2D eigenvalue weighted by Gasteiger charge is 2.13. The summed E-state index contributed by atoms with van der Waals surface area (Å²) in [6.07, 6.45) is 0. The summed E-state index contributed by atoms with van der Waals surface area (Å²) in [6.45, 7) is 0. The Balaban J connectivity index is 1.73. The first-order valence-electron chi connectivity index (χ1n) is 6.21. The first-order chi connectivity index (χ1) is 10.6. The molecule has 3 rings (SSSR count). The van der Waals surface area contributed by atoms with E-state index in [4.69, 9.17) is 4.42 Å². The summed E-state index contributed by atoms with van der Waals surface area (Å²) in [7, 11) is 1.27. The second-order valence-corrected chi connectivity index (χ2v) is 5.34. The third kappa shape index (κ3) is 2.82. The number of fused-ring (bicyclic) bond motifs is 1. The highest BCUT2D eigenvalue weighted by Crippen LogP contribution is 2.25. The molecule has 0 saturated heterocycles. The fraction of sp³-hybridized carbons (Fsp3) is 0.143. The fourth-order valence-electron chi connectivity index (χ4n) is 1.86. The van der Waals surface area contributed by atoms with Gasteiger partial charge in [0.2, 0.25) is 5.76 Å². The van der Waals surface area contributed by atoms with Crippen molar-refractivity contribution in [2.24, 2.45) is 0 Å². The maximum atomic E-state index is 13.1. The molecule has 0 unspecified atom stereocenters. The Labute approximate surface area is 127 Å². The van der Waals surface area contributed by atoms with E-state index in [1.807, 2.05) is 0 Å². The molecule has 0 atom stereocenters. The zero-order valence-electron chi connectivity index (χ0n) is 11.4. The van der Waals surface area contributed by atoms with Gasteiger partial charge in [0.1, 0.15) is 5.76 Å². The number of methoxy groups -OCH3 is 1. The quantitative estimate of drug-likeness (QED) is 0.587. The molecule has 1 N–H and O–H groups in total. The number of ether oxygens (including phenoxy) is 1. The Morgan fingerprint density at radius 3 is 2.91 bits per heavy atom. The van der Waals surface area contributed by atoms with Crippen molar-refractivity contribution in [3.63, 3.8) is 0 Å². The Morgan fingerprint density at radius 2 is 2.14 bits per heavy atom. The van der Waals surface area contributed by atoms with Crippen molar-refractivity contribution in [1.29, 1.82) is 0 Å². The lowest BCUT2D eigenvalue weighted by Gasteiger charge is -1.95. The molecule has 1 aromatic carbocycles. The summed E-state index contributed by atoms with van der Waals surface area (Å²) < 4.78 is 36.1. The van der Waals surface area contributed by atoms with Gasteiger partial charge < -0.3 is 14.1 Å². The van der Waals surface area contributed by atoms with Gasteiger partial charge in [0, 0.05) is 12.1 Å². The van der Waals surface area contributed by atoms with Crippen molar-refractivity contribution in [2.45, 2.75) is 10.9 Å². The molecule has 5 nitrogen and oxygen atoms in total. The van der Waals surface area contributed by atoms with Gasteiger partial charge in [0.05, 0.1) is 23.9 Å². The van der Waals surface area contributed by atoms with Crippen molar-refractivity contribution >= 4 is 28.8 Å². The highest BCUT2D eigenvalue weighted by molar-refractivity contribution is 7.98. The van der Waals surface area contributed by atoms with Gasteiger partial charge in [0.15, 0.2) is 16.8 Å². The number of thioether (sulfide) groups is 1. The van der Waals surface area contributed by atoms with E-state index in [1.54, 1.807) is 6.07 Å². The fourth-order valence-corrected chi connectivity index (χ4v) is 2.63. The predicted octanol–water partition coefficient (Wildman–Crippen LogP) is 3.51. The first-order valence-corrected chi connectivity index (χ1v) is 7.20. The lowest BCUT2D eigenvalue weighted by Crippen LogP contribution is -1.98. The molecule has 0 aliphatic carbocycles. The number of benzene rings is 1. The number of rotatable bonds is 4. The lowest BCUT2D eigenvalue weighted by molar-refractivity contribution is 0.0563. The number of aromatic nitrogens is 2. The number of halogens is 2. The zero-order chi connectivity index (χ0) is 15.7. The number of H-pyrrole nitrogens is 1. The molecule has 0 fully saturated rings. The molecule has 0 aliphatic rings. The Morgan fingerprint density at radius 1 is 1.36 bits per heavy atom. The number of nitrogens with zero attached hydrogens (tertiary/aromatic N) is 1. The summed E-state index contributed by atoms with van der Waals surface area (Å²) in [4.78, 5) is 18.3. The second-order valence-electron chi connectivity index (χ2n) is 4.37. The van der Waals surface area contributed by atoms with Gasteiger partial charge in [-0.05, 0) is 12.1 Å². The standard InChI is InChI=1S/C14H10F2N2O3S/c1-20-13(19)12-3-2-7(21-12)6-22-14-17-10-4-8(15)9(16)5-11(10)18-14/h2-5H,6H2,1H3,(H,17,18). The number of imidazole rings is 1. The van der Waals surface area contributed by atoms with Crippen molar-refractivity contribution in [2.75, 3.05) is 7.11 Å². The van der Waals surface area contributed by atoms with Crippen LogP contribution in [0.5, 0.6) is 0 Å². The number of carbonyl (C=O) groups excluding carboxylic acids is 1. The molecule has 2 heterocycles. The summed E-state index contributed by atoms with van der Waals surface area (Å²) >= 11 is 1.29. The van der Waals surface area contributed by atoms with Gasteiger partial charge in [-0.15, -0.1) is 0 Å². The summed E-state index contributed by atoms with van der Waals surface area (Å²) in [5.74, 6) is -1.34. The zero-order valence-corrected chi connectivity index (χ0v) is 12.2. The van der Waals surface area contributed by atoms with Crippen LogP contribution in [0.25, 0.3) is 11.0 Å². The second kappa shape index (κ2) is 5.80. The normalized spacial score (nSPS) is 11.0. The number of hydrogen-bond donors (Lipinski definition) is 1. The van der Waals surface area contributed by atoms with Gasteiger partial charge >= 0.3 is 5.97 Å². The van der Waals surface area contributed by atoms with Crippen LogP contribution in [-0.2, 0) is 10.5 Å². The number of carbonyl (C=O) groups is 1. The van der Waals surface area contributed by atoms with Crippen LogP contribution in [0.2, 0.25) is 0 Å². The topological polar surface area (TPSA) is 68.1 Å². The molecule has 2 aromatic heterocycles. The number of nitrogens with one attached hydrogen (secondary N) is 1. The van der Waals surface area contributed by atoms with E-state index in [0.29, 0.717) is 27.7 Å². The van der Waals surface area contributed by atoms with Crippen LogP contribution >= 0.6 is 11.8 Å². The number of hydrogen-bond acceptors (Lipinski definition) is 5. The lowest BCUT2D eigenvalue weighted by atomic mass is 10.3. The van der Waals surface area contributed by atoms with Gasteiger partial charge in [-0.2, -0.15) is 0 Å². The molecular weight excluding hydrogens is 314 g/mol. The minimum Gasteiger partial charge on any atom is -0.463 e. The molecule has 0 radical (unpaired) electrons. The molecule has 0 bridgehead atoms. The first kappa shape index (κ1) is 14.6. The molecule has 114 valence electrons. The van der Waals surface area contributed by atoms with Crippen molar-refractivity contribution in [3.8, 4) is 0 Å². The van der Waals surface area contributed by atoms with Gasteiger partial charge in [-0.25, -0.2) is 18.6 Å².